The Morgan fingerprint density at radius 3 is 2.31 bits per heavy atom. The highest BCUT2D eigenvalue weighted by atomic mass is 32.2. The average Bonchev–Trinajstić information content (AvgIpc) is 2.52. The van der Waals surface area contributed by atoms with Crippen molar-refractivity contribution in [2.75, 3.05) is 5.75 Å². The van der Waals surface area contributed by atoms with Gasteiger partial charge in [-0.3, -0.25) is 4.79 Å². The maximum Gasteiger partial charge on any atom is 0.310 e. The van der Waals surface area contributed by atoms with E-state index in [2.05, 4.69) is 4.72 Å². The Morgan fingerprint density at radius 2 is 1.88 bits per heavy atom. The summed E-state index contributed by atoms with van der Waals surface area (Å²) < 4.78 is 26.0. The molecule has 1 fully saturated rings. The second kappa shape index (κ2) is 4.71. The minimum Gasteiger partial charge on any atom is -0.481 e. The minimum atomic E-state index is -3.50. The highest BCUT2D eigenvalue weighted by Gasteiger charge is 2.34. The third-order valence-electron chi connectivity index (χ3n) is 2.83. The fourth-order valence-electron chi connectivity index (χ4n) is 1.88. The number of hydrogen-bond donors (Lipinski definition) is 2. The second-order valence-electron chi connectivity index (χ2n) is 5.05. The van der Waals surface area contributed by atoms with Crippen LogP contribution in [0.2, 0.25) is 0 Å². The first-order valence-corrected chi connectivity index (χ1v) is 7.11. The summed E-state index contributed by atoms with van der Waals surface area (Å²) in [4.78, 5) is 10.8. The number of sulfonamides is 1. The van der Waals surface area contributed by atoms with Crippen LogP contribution in [0.4, 0.5) is 0 Å². The summed E-state index contributed by atoms with van der Waals surface area (Å²) in [7, 11) is -3.50. The van der Waals surface area contributed by atoms with E-state index in [1.54, 1.807) is 0 Å². The molecule has 94 valence electrons. The molecule has 0 heterocycles. The van der Waals surface area contributed by atoms with E-state index in [0.717, 1.165) is 25.7 Å². The molecule has 0 bridgehead atoms. The highest BCUT2D eigenvalue weighted by Crippen LogP contribution is 2.21. The van der Waals surface area contributed by atoms with E-state index in [9.17, 15) is 13.2 Å². The molecule has 16 heavy (non-hydrogen) atoms. The molecule has 0 unspecified atom stereocenters. The van der Waals surface area contributed by atoms with Gasteiger partial charge in [0.2, 0.25) is 10.0 Å². The Kier molecular flexibility index (Phi) is 3.96. The van der Waals surface area contributed by atoms with Crippen LogP contribution in [0.3, 0.4) is 0 Å². The first-order chi connectivity index (χ1) is 7.23. The fourth-order valence-corrected chi connectivity index (χ4v) is 3.78. The van der Waals surface area contributed by atoms with Crippen LogP contribution in [0.25, 0.3) is 0 Å². The maximum atomic E-state index is 11.7. The normalized spacial score (nSPS) is 18.9. The standard InChI is InChI=1S/C10H19NO4S/c1-10(2,9(12)13)7-16(14,15)11-8-5-3-4-6-8/h8,11H,3-7H2,1-2H3,(H,12,13). The Balaban J connectivity index is 2.60. The zero-order chi connectivity index (χ0) is 12.4. The molecule has 0 spiro atoms. The molecule has 1 rings (SSSR count). The summed E-state index contributed by atoms with van der Waals surface area (Å²) in [6, 6.07) is -0.00500. The van der Waals surface area contributed by atoms with Gasteiger partial charge in [0, 0.05) is 6.04 Å². The van der Waals surface area contributed by atoms with Crippen molar-refractivity contribution in [2.24, 2.45) is 5.41 Å². The lowest BCUT2D eigenvalue weighted by Crippen LogP contribution is -2.41. The van der Waals surface area contributed by atoms with E-state index < -0.39 is 21.4 Å². The second-order valence-corrected chi connectivity index (χ2v) is 6.80. The predicted octanol–water partition coefficient (Wildman–Crippen LogP) is 0.959. The molecule has 0 radical (unpaired) electrons. The van der Waals surface area contributed by atoms with Gasteiger partial charge < -0.3 is 5.11 Å². The fraction of sp³-hybridized carbons (Fsp3) is 0.900. The van der Waals surface area contributed by atoms with E-state index in [1.807, 2.05) is 0 Å². The number of hydrogen-bond acceptors (Lipinski definition) is 3. The van der Waals surface area contributed by atoms with Crippen LogP contribution in [-0.2, 0) is 14.8 Å². The molecule has 6 heteroatoms. The summed E-state index contributed by atoms with van der Waals surface area (Å²) in [5.41, 5.74) is -1.25. The smallest absolute Gasteiger partial charge is 0.310 e. The first-order valence-electron chi connectivity index (χ1n) is 5.46. The third kappa shape index (κ3) is 3.75. The molecule has 0 aromatic rings. The number of carbonyl (C=O) groups is 1. The molecule has 5 nitrogen and oxygen atoms in total. The topological polar surface area (TPSA) is 83.5 Å². The lowest BCUT2D eigenvalue weighted by molar-refractivity contribution is -0.145. The van der Waals surface area contributed by atoms with Gasteiger partial charge in [0.05, 0.1) is 11.2 Å². The van der Waals surface area contributed by atoms with Gasteiger partial charge in [-0.1, -0.05) is 12.8 Å². The minimum absolute atomic E-state index is 0.00500. The van der Waals surface area contributed by atoms with Crippen LogP contribution in [0, 0.1) is 5.41 Å². The van der Waals surface area contributed by atoms with Crippen LogP contribution in [0.5, 0.6) is 0 Å². The number of aliphatic carboxylic acids is 1. The maximum absolute atomic E-state index is 11.7. The van der Waals surface area contributed by atoms with Gasteiger partial charge in [-0.05, 0) is 26.7 Å². The largest absolute Gasteiger partial charge is 0.481 e. The molecule has 1 aliphatic carbocycles. The first kappa shape index (κ1) is 13.4. The van der Waals surface area contributed by atoms with Crippen LogP contribution >= 0.6 is 0 Å². The molecule has 0 atom stereocenters. The Labute approximate surface area is 96.3 Å². The van der Waals surface area contributed by atoms with E-state index in [1.165, 1.54) is 13.8 Å². The molecular formula is C10H19NO4S. The molecule has 2 N–H and O–H groups in total. The van der Waals surface area contributed by atoms with Gasteiger partial charge in [0.15, 0.2) is 0 Å². The van der Waals surface area contributed by atoms with Crippen molar-refractivity contribution in [3.8, 4) is 0 Å². The van der Waals surface area contributed by atoms with Gasteiger partial charge >= 0.3 is 5.97 Å². The molecule has 0 aromatic heterocycles. The van der Waals surface area contributed by atoms with Crippen molar-refractivity contribution in [1.82, 2.24) is 4.72 Å². The van der Waals surface area contributed by atoms with E-state index >= 15 is 0 Å². The van der Waals surface area contributed by atoms with Crippen molar-refractivity contribution in [3.05, 3.63) is 0 Å². The summed E-state index contributed by atoms with van der Waals surface area (Å²) in [6.07, 6.45) is 3.78. The lowest BCUT2D eigenvalue weighted by Gasteiger charge is -2.20. The average molecular weight is 249 g/mol. The third-order valence-corrected chi connectivity index (χ3v) is 4.63. The quantitative estimate of drug-likeness (QED) is 0.760. The summed E-state index contributed by atoms with van der Waals surface area (Å²) in [5, 5.41) is 8.87. The van der Waals surface area contributed by atoms with Crippen molar-refractivity contribution in [1.29, 1.82) is 0 Å². The van der Waals surface area contributed by atoms with Crippen LogP contribution < -0.4 is 4.72 Å². The molecule has 0 aromatic carbocycles. The lowest BCUT2D eigenvalue weighted by atomic mass is 9.97. The van der Waals surface area contributed by atoms with Gasteiger partial charge in [-0.25, -0.2) is 13.1 Å². The predicted molar refractivity (Wildman–Crippen MR) is 60.6 cm³/mol. The zero-order valence-electron chi connectivity index (χ0n) is 9.69. The number of rotatable bonds is 5. The van der Waals surface area contributed by atoms with Crippen molar-refractivity contribution >= 4 is 16.0 Å². The monoisotopic (exact) mass is 249 g/mol. The van der Waals surface area contributed by atoms with Crippen molar-refractivity contribution in [3.63, 3.8) is 0 Å². The molecule has 1 aliphatic rings. The van der Waals surface area contributed by atoms with Crippen LogP contribution in [-0.4, -0.2) is 31.3 Å². The SMILES string of the molecule is CC(C)(CS(=O)(=O)NC1CCCC1)C(=O)O. The highest BCUT2D eigenvalue weighted by molar-refractivity contribution is 7.89. The number of carboxylic acid groups (broad SMARTS) is 1. The van der Waals surface area contributed by atoms with Crippen molar-refractivity contribution in [2.45, 2.75) is 45.6 Å². The van der Waals surface area contributed by atoms with E-state index in [0.29, 0.717) is 0 Å². The number of carboxylic acids is 1. The van der Waals surface area contributed by atoms with Crippen molar-refractivity contribution < 1.29 is 18.3 Å². The molecule has 0 amide bonds. The summed E-state index contributed by atoms with van der Waals surface area (Å²) in [5.74, 6) is -1.46. The molecular weight excluding hydrogens is 230 g/mol. The van der Waals surface area contributed by atoms with Gasteiger partial charge in [0.25, 0.3) is 0 Å². The summed E-state index contributed by atoms with van der Waals surface area (Å²) >= 11 is 0. The molecule has 0 aliphatic heterocycles. The number of nitrogens with one attached hydrogen (secondary N) is 1. The Hall–Kier alpha value is -0.620. The molecule has 1 saturated carbocycles. The summed E-state index contributed by atoms with van der Waals surface area (Å²) in [6.45, 7) is 2.84. The molecule has 0 saturated heterocycles. The van der Waals surface area contributed by atoms with Gasteiger partial charge in [-0.15, -0.1) is 0 Å². The van der Waals surface area contributed by atoms with Crippen LogP contribution in [0.1, 0.15) is 39.5 Å². The zero-order valence-corrected chi connectivity index (χ0v) is 10.5. The van der Waals surface area contributed by atoms with Gasteiger partial charge in [0.1, 0.15) is 0 Å². The van der Waals surface area contributed by atoms with E-state index in [-0.39, 0.29) is 11.8 Å². The van der Waals surface area contributed by atoms with Gasteiger partial charge in [-0.2, -0.15) is 0 Å². The Morgan fingerprint density at radius 1 is 1.38 bits per heavy atom. The van der Waals surface area contributed by atoms with Crippen LogP contribution in [0.15, 0.2) is 0 Å². The van der Waals surface area contributed by atoms with E-state index in [4.69, 9.17) is 5.11 Å². The Bertz CT molecular complexity index is 355.